The summed E-state index contributed by atoms with van der Waals surface area (Å²) in [6, 6.07) is 28.0. The minimum absolute atomic E-state index is 0.146. The van der Waals surface area contributed by atoms with Crippen molar-refractivity contribution < 1.29 is 10.2 Å². The van der Waals surface area contributed by atoms with E-state index in [2.05, 4.69) is 63.6 Å². The van der Waals surface area contributed by atoms with E-state index >= 15 is 0 Å². The number of aromatic hydroxyl groups is 2. The van der Waals surface area contributed by atoms with E-state index in [1.165, 1.54) is 0 Å². The predicted octanol–water partition coefficient (Wildman–Crippen LogP) is 10.1. The summed E-state index contributed by atoms with van der Waals surface area (Å²) in [6.45, 7) is 13.0. The van der Waals surface area contributed by atoms with Crippen LogP contribution in [0.1, 0.15) is 52.7 Å². The lowest BCUT2D eigenvalue weighted by Gasteiger charge is -2.22. The number of nitrogens with zero attached hydrogens (tertiary/aromatic N) is 2. The van der Waals surface area contributed by atoms with E-state index in [-0.39, 0.29) is 22.3 Å². The maximum Gasteiger partial charge on any atom is 0.134 e. The molecule has 0 amide bonds. The number of hydrogen-bond donors (Lipinski definition) is 4. The number of H-pyrrole nitrogens is 2. The molecule has 0 aliphatic carbocycles. The van der Waals surface area contributed by atoms with Gasteiger partial charge in [0.25, 0.3) is 0 Å². The zero-order valence-electron chi connectivity index (χ0n) is 27.0. The Morgan fingerprint density at radius 1 is 0.500 bits per heavy atom. The van der Waals surface area contributed by atoms with Crippen molar-refractivity contribution in [1.29, 1.82) is 0 Å². The SMILES string of the molecule is CC(C)(C)c1cc(-c2ccc3ccc4ccc(-c5cc(C(C)(C)C)cc(-c6ccc[nH]6)c5O)nc4c3n2)c(O)c(-c2ccc[nH]2)c1. The van der Waals surface area contributed by atoms with Gasteiger partial charge in [0.2, 0.25) is 0 Å². The second-order valence-electron chi connectivity index (χ2n) is 14.1. The van der Waals surface area contributed by atoms with Crippen LogP contribution in [0.15, 0.2) is 97.3 Å². The minimum Gasteiger partial charge on any atom is -0.507 e. The first-order chi connectivity index (χ1) is 21.9. The van der Waals surface area contributed by atoms with E-state index in [1.807, 2.05) is 85.2 Å². The predicted molar refractivity (Wildman–Crippen MR) is 188 cm³/mol. The van der Waals surface area contributed by atoms with Gasteiger partial charge in [-0.3, -0.25) is 0 Å². The third-order valence-corrected chi connectivity index (χ3v) is 8.80. The molecule has 0 atom stereocenters. The molecule has 4 N–H and O–H groups in total. The number of fused-ring (bicyclic) bond motifs is 3. The molecule has 7 rings (SSSR count). The Bertz CT molecular complexity index is 2070. The number of hydrogen-bond acceptors (Lipinski definition) is 4. The molecule has 0 bridgehead atoms. The van der Waals surface area contributed by atoms with Crippen molar-refractivity contribution in [2.75, 3.05) is 0 Å². The fourth-order valence-electron chi connectivity index (χ4n) is 6.00. The molecule has 6 heteroatoms. The molecule has 0 saturated carbocycles. The van der Waals surface area contributed by atoms with Crippen LogP contribution in [-0.2, 0) is 10.8 Å². The summed E-state index contributed by atoms with van der Waals surface area (Å²) in [5.41, 5.74) is 9.18. The highest BCUT2D eigenvalue weighted by Crippen LogP contribution is 2.43. The Morgan fingerprint density at radius 2 is 0.870 bits per heavy atom. The van der Waals surface area contributed by atoms with Gasteiger partial charge in [0.15, 0.2) is 0 Å². The number of pyridine rings is 2. The van der Waals surface area contributed by atoms with Crippen molar-refractivity contribution in [2.45, 2.75) is 52.4 Å². The monoisotopic (exact) mass is 606 g/mol. The molecule has 6 nitrogen and oxygen atoms in total. The van der Waals surface area contributed by atoms with Crippen molar-refractivity contribution >= 4 is 21.8 Å². The number of rotatable bonds is 4. The van der Waals surface area contributed by atoms with Gasteiger partial charge in [0, 0.05) is 56.8 Å². The summed E-state index contributed by atoms with van der Waals surface area (Å²) in [4.78, 5) is 16.8. The smallest absolute Gasteiger partial charge is 0.134 e. The molecule has 0 aliphatic rings. The van der Waals surface area contributed by atoms with Crippen molar-refractivity contribution in [2.24, 2.45) is 0 Å². The Labute approximate surface area is 268 Å². The maximum atomic E-state index is 11.6. The molecule has 4 heterocycles. The normalized spacial score (nSPS) is 12.3. The summed E-state index contributed by atoms with van der Waals surface area (Å²) in [5.74, 6) is 0.355. The molecule has 3 aromatic carbocycles. The van der Waals surface area contributed by atoms with Crippen molar-refractivity contribution in [3.8, 4) is 56.5 Å². The maximum absolute atomic E-state index is 11.6. The van der Waals surface area contributed by atoms with Crippen molar-refractivity contribution in [1.82, 2.24) is 19.9 Å². The third kappa shape index (κ3) is 5.10. The highest BCUT2D eigenvalue weighted by Gasteiger charge is 2.23. The number of phenolic OH excluding ortho intramolecular Hbond substituents is 2. The molecular weight excluding hydrogens is 568 g/mol. The highest BCUT2D eigenvalue weighted by molar-refractivity contribution is 6.04. The first-order valence-electron chi connectivity index (χ1n) is 15.6. The van der Waals surface area contributed by atoms with Crippen molar-refractivity contribution in [3.05, 3.63) is 108 Å². The summed E-state index contributed by atoms with van der Waals surface area (Å²) >= 11 is 0. The second kappa shape index (κ2) is 10.6. The molecular formula is C40H38N4O2. The van der Waals surface area contributed by atoms with Crippen molar-refractivity contribution in [3.63, 3.8) is 0 Å². The molecule has 0 unspecified atom stereocenters. The van der Waals surface area contributed by atoms with E-state index in [0.29, 0.717) is 22.5 Å². The number of aromatic amines is 2. The molecule has 7 aromatic rings. The Kier molecular flexibility index (Phi) is 6.78. The first kappa shape index (κ1) is 29.4. The number of aromatic nitrogens is 4. The van der Waals surface area contributed by atoms with E-state index in [9.17, 15) is 10.2 Å². The fraction of sp³-hybridized carbons (Fsp3) is 0.200. The van der Waals surface area contributed by atoms with Gasteiger partial charge >= 0.3 is 0 Å². The topological polar surface area (TPSA) is 97.8 Å². The molecule has 230 valence electrons. The number of benzene rings is 3. The summed E-state index contributed by atoms with van der Waals surface area (Å²) < 4.78 is 0. The third-order valence-electron chi connectivity index (χ3n) is 8.80. The van der Waals surface area contributed by atoms with Gasteiger partial charge in [-0.15, -0.1) is 0 Å². The van der Waals surface area contributed by atoms with Crippen LogP contribution in [0, 0.1) is 0 Å². The molecule has 0 spiro atoms. The molecule has 0 aliphatic heterocycles. The van der Waals surface area contributed by atoms with Crippen LogP contribution in [0.5, 0.6) is 11.5 Å². The summed E-state index contributed by atoms with van der Waals surface area (Å²) in [5, 5.41) is 25.1. The summed E-state index contributed by atoms with van der Waals surface area (Å²) in [6.07, 6.45) is 3.72. The standard InChI is InChI=1S/C40H38N4O2/c1-39(2,3)25-19-27(31-9-7-17-41-31)37(45)29(21-25)33-15-13-23-11-12-24-14-16-34(44-36(24)35(23)43-33)30-22-26(40(4,5)6)20-28(38(30)46)32-10-8-18-42-32/h7-22,41-42,45-46H,1-6H3. The minimum atomic E-state index is -0.146. The van der Waals surface area contributed by atoms with Gasteiger partial charge in [-0.2, -0.15) is 0 Å². The molecule has 4 aromatic heterocycles. The lowest BCUT2D eigenvalue weighted by atomic mass is 9.83. The van der Waals surface area contributed by atoms with Crippen LogP contribution in [-0.4, -0.2) is 30.1 Å². The van der Waals surface area contributed by atoms with E-state index in [4.69, 9.17) is 9.97 Å². The van der Waals surface area contributed by atoms with Crippen LogP contribution in [0.4, 0.5) is 0 Å². The quantitative estimate of drug-likeness (QED) is 0.150. The Balaban J connectivity index is 1.45. The molecule has 46 heavy (non-hydrogen) atoms. The van der Waals surface area contributed by atoms with E-state index < -0.39 is 0 Å². The summed E-state index contributed by atoms with van der Waals surface area (Å²) in [7, 11) is 0. The Hall–Kier alpha value is -5.36. The molecule has 0 fully saturated rings. The van der Waals surface area contributed by atoms with E-state index in [1.54, 1.807) is 0 Å². The van der Waals surface area contributed by atoms with Gasteiger partial charge in [-0.25, -0.2) is 9.97 Å². The average molecular weight is 607 g/mol. The second-order valence-corrected chi connectivity index (χ2v) is 14.1. The Morgan fingerprint density at radius 3 is 1.22 bits per heavy atom. The number of phenols is 2. The van der Waals surface area contributed by atoms with Gasteiger partial charge in [-0.05, 0) is 82.6 Å². The van der Waals surface area contributed by atoms with E-state index in [0.717, 1.165) is 55.4 Å². The zero-order valence-corrected chi connectivity index (χ0v) is 27.0. The lowest BCUT2D eigenvalue weighted by Crippen LogP contribution is -2.11. The van der Waals surface area contributed by atoms with Crippen LogP contribution in [0.2, 0.25) is 0 Å². The van der Waals surface area contributed by atoms with Crippen LogP contribution < -0.4 is 0 Å². The zero-order chi connectivity index (χ0) is 32.4. The number of nitrogens with one attached hydrogen (secondary N) is 2. The van der Waals surface area contributed by atoms with Gasteiger partial charge in [0.1, 0.15) is 11.5 Å². The molecule has 0 saturated heterocycles. The van der Waals surface area contributed by atoms with Crippen LogP contribution in [0.3, 0.4) is 0 Å². The largest absolute Gasteiger partial charge is 0.507 e. The molecule has 0 radical (unpaired) electrons. The highest BCUT2D eigenvalue weighted by atomic mass is 16.3. The first-order valence-corrected chi connectivity index (χ1v) is 15.6. The fourth-order valence-corrected chi connectivity index (χ4v) is 6.00. The van der Waals surface area contributed by atoms with Crippen LogP contribution in [0.25, 0.3) is 66.8 Å². The van der Waals surface area contributed by atoms with Gasteiger partial charge in [0.05, 0.1) is 22.4 Å². The van der Waals surface area contributed by atoms with Crippen LogP contribution >= 0.6 is 0 Å². The van der Waals surface area contributed by atoms with Gasteiger partial charge < -0.3 is 20.2 Å². The average Bonchev–Trinajstić information content (AvgIpc) is 3.75. The lowest BCUT2D eigenvalue weighted by molar-refractivity contribution is 0.477. The van der Waals surface area contributed by atoms with Gasteiger partial charge in [-0.1, -0.05) is 65.8 Å².